The van der Waals surface area contributed by atoms with Crippen LogP contribution >= 0.6 is 0 Å². The molecule has 0 saturated heterocycles. The van der Waals surface area contributed by atoms with Crippen LogP contribution < -0.4 is 0 Å². The van der Waals surface area contributed by atoms with Crippen molar-refractivity contribution < 1.29 is 19.8 Å². The van der Waals surface area contributed by atoms with Crippen molar-refractivity contribution in [1.29, 1.82) is 0 Å². The van der Waals surface area contributed by atoms with Crippen LogP contribution in [0.1, 0.15) is 0 Å². The minimum absolute atomic E-state index is 0. The van der Waals surface area contributed by atoms with Crippen LogP contribution in [-0.2, 0) is 19.8 Å². The first-order chi connectivity index (χ1) is 1.00. The molecule has 0 atom stereocenters. The van der Waals surface area contributed by atoms with Crippen LogP contribution in [0.4, 0.5) is 0 Å². The molecule has 0 bridgehead atoms. The Hall–Kier alpha value is 4.86. The molecule has 0 spiro atoms. The van der Waals surface area contributed by atoms with E-state index in [4.69, 9.17) is 3.83 Å². The third-order valence-electron chi connectivity index (χ3n) is 0. The van der Waals surface area contributed by atoms with Gasteiger partial charge in [0, 0.05) is 0 Å². The molecule has 0 rings (SSSR count). The van der Waals surface area contributed by atoms with Crippen LogP contribution in [-0.4, -0.2) is 137 Å². The Morgan fingerprint density at radius 1 is 1.17 bits per heavy atom. The van der Waals surface area contributed by atoms with Gasteiger partial charge >= 0.3 is 157 Å². The number of rotatable bonds is 0. The van der Waals surface area contributed by atoms with E-state index in [0.29, 0.717) is 0 Å². The van der Waals surface area contributed by atoms with Crippen molar-refractivity contribution in [2.75, 3.05) is 0 Å². The van der Waals surface area contributed by atoms with Crippen molar-refractivity contribution in [3.63, 3.8) is 0 Å². The summed E-state index contributed by atoms with van der Waals surface area (Å²) < 4.78 is 7.81. The third kappa shape index (κ3) is 23.2. The van der Waals surface area contributed by atoms with Crippen LogP contribution in [0.25, 0.3) is 0 Å². The van der Waals surface area contributed by atoms with Gasteiger partial charge in [-0.1, -0.05) is 0 Å². The molecule has 1 nitrogen and oxygen atoms in total. The molecule has 6 heavy (non-hydrogen) atoms. The molecule has 2 radical (unpaired) electrons. The van der Waals surface area contributed by atoms with E-state index in [1.165, 1.54) is 0 Å². The molecule has 0 amide bonds. The molecule has 0 aliphatic carbocycles. The first kappa shape index (κ1) is 30.7. The first-order valence-corrected chi connectivity index (χ1v) is 0.508. The summed E-state index contributed by atoms with van der Waals surface area (Å²) in [5, 5.41) is 0. The Labute approximate surface area is 152 Å². The second-order valence-corrected chi connectivity index (χ2v) is 0. The van der Waals surface area contributed by atoms with E-state index < -0.39 is 0 Å². The normalized spacial score (nSPS) is 1.00. The van der Waals surface area contributed by atoms with Crippen molar-refractivity contribution in [2.45, 2.75) is 0 Å². The SMILES string of the molecule is [BiH3].[CaH2].[O]=[Cu].[PbH2].[SrH2]. The Bertz CT molecular complexity index is 15.5. The Balaban J connectivity index is -0.000000000833. The minimum atomic E-state index is 0. The molecule has 0 aliphatic heterocycles. The van der Waals surface area contributed by atoms with Gasteiger partial charge < -0.3 is 0 Å². The monoisotopic (exact) mass is 633 g/mol. The van der Waals surface area contributed by atoms with Crippen LogP contribution in [0, 0.1) is 0 Å². The van der Waals surface area contributed by atoms with Crippen LogP contribution in [0.2, 0.25) is 0 Å². The maximum atomic E-state index is 7.81. The summed E-state index contributed by atoms with van der Waals surface area (Å²) in [6, 6.07) is 0. The molecule has 0 unspecified atom stereocenters. The predicted molar refractivity (Wildman–Crippen MR) is 36.3 cm³/mol. The average Bonchev–Trinajstić information content (AvgIpc) is 1.00. The first-order valence-electron chi connectivity index (χ1n) is 0.123. The van der Waals surface area contributed by atoms with E-state index in [1.807, 2.05) is 0 Å². The van der Waals surface area contributed by atoms with Gasteiger partial charge in [-0.2, -0.15) is 0 Å². The molecule has 0 N–H and O–H groups in total. The van der Waals surface area contributed by atoms with Crippen molar-refractivity contribution in [3.05, 3.63) is 0 Å². The Morgan fingerprint density at radius 2 is 1.17 bits per heavy atom. The topological polar surface area (TPSA) is 17.1 Å². The van der Waals surface area contributed by atoms with E-state index in [2.05, 4.69) is 15.9 Å². The van der Waals surface area contributed by atoms with E-state index in [0.717, 1.165) is 0 Å². The zero-order valence-electron chi connectivity index (χ0n) is 2.12. The summed E-state index contributed by atoms with van der Waals surface area (Å²) in [4.78, 5) is 0. The summed E-state index contributed by atoms with van der Waals surface area (Å²) in [6.07, 6.45) is 0. The summed E-state index contributed by atoms with van der Waals surface area (Å²) in [6.45, 7) is 0. The maximum absolute atomic E-state index is 7.81. The van der Waals surface area contributed by atoms with Crippen molar-refractivity contribution in [1.82, 2.24) is 0 Å². The molecule has 6 heteroatoms. The predicted octanol–water partition coefficient (Wildman–Crippen LogP) is -4.05. The van der Waals surface area contributed by atoms with Gasteiger partial charge in [0.1, 0.15) is 0 Å². The molecular formula is H9BiCaCuOPbSr. The molecule has 0 aromatic carbocycles. The fourth-order valence-electron chi connectivity index (χ4n) is 0. The number of hydrogen-bond acceptors (Lipinski definition) is 1. The van der Waals surface area contributed by atoms with Gasteiger partial charge in [0.05, 0.1) is 0 Å². The van der Waals surface area contributed by atoms with Gasteiger partial charge in [-0.3, -0.25) is 0 Å². The average molecular weight is 632 g/mol. The Morgan fingerprint density at radius 3 is 1.17 bits per heavy atom. The van der Waals surface area contributed by atoms with Gasteiger partial charge in [0.2, 0.25) is 0 Å². The molecule has 39 valence electrons. The third-order valence-corrected chi connectivity index (χ3v) is 0. The summed E-state index contributed by atoms with van der Waals surface area (Å²) in [5.41, 5.74) is 0. The molecule has 0 heterocycles. The quantitative estimate of drug-likeness (QED) is 0.249. The van der Waals surface area contributed by atoms with E-state index >= 15 is 0 Å². The van der Waals surface area contributed by atoms with Crippen LogP contribution in [0.5, 0.6) is 0 Å². The van der Waals surface area contributed by atoms with Gasteiger partial charge in [0.25, 0.3) is 0 Å². The van der Waals surface area contributed by atoms with E-state index in [9.17, 15) is 0 Å². The molecule has 0 aromatic rings. The zero-order chi connectivity index (χ0) is 2.00. The van der Waals surface area contributed by atoms with Gasteiger partial charge in [-0.25, -0.2) is 0 Å². The summed E-state index contributed by atoms with van der Waals surface area (Å²) in [7, 11) is 0. The van der Waals surface area contributed by atoms with Gasteiger partial charge in [0.15, 0.2) is 0 Å². The zero-order valence-corrected chi connectivity index (χ0v) is 14.1. The summed E-state index contributed by atoms with van der Waals surface area (Å²) in [5.74, 6) is 0. The van der Waals surface area contributed by atoms with Crippen LogP contribution in [0.3, 0.4) is 0 Å². The molecule has 0 fully saturated rings. The molecule has 0 saturated carbocycles. The van der Waals surface area contributed by atoms with E-state index in [-0.39, 0.29) is 137 Å². The molecular weight excluding hydrogens is 623 g/mol. The van der Waals surface area contributed by atoms with Crippen LogP contribution in [0.15, 0.2) is 0 Å². The van der Waals surface area contributed by atoms with Crippen molar-refractivity contribution >= 4 is 137 Å². The number of hydrogen-bond donors (Lipinski definition) is 0. The van der Waals surface area contributed by atoms with E-state index in [1.54, 1.807) is 0 Å². The molecule has 0 aromatic heterocycles. The molecule has 0 aliphatic rings. The van der Waals surface area contributed by atoms with Crippen molar-refractivity contribution in [3.8, 4) is 0 Å². The fourth-order valence-corrected chi connectivity index (χ4v) is 0. The fraction of sp³-hybridized carbons (Fsp3) is 0. The van der Waals surface area contributed by atoms with Gasteiger partial charge in [-0.15, -0.1) is 0 Å². The second kappa shape index (κ2) is 32.8. The van der Waals surface area contributed by atoms with Crippen molar-refractivity contribution in [2.24, 2.45) is 0 Å². The second-order valence-electron chi connectivity index (χ2n) is 0. The summed E-state index contributed by atoms with van der Waals surface area (Å²) >= 11 is 2.94. The Kier molecular flexibility index (Phi) is 168. The van der Waals surface area contributed by atoms with Gasteiger partial charge in [-0.05, 0) is 0 Å². The standard InChI is InChI=1S/Bi.Ca.Cu.O.Pb.Sr.9H.